The minimum atomic E-state index is -2.19. The van der Waals surface area contributed by atoms with Crippen LogP contribution in [0.1, 0.15) is 59.3 Å². The highest BCUT2D eigenvalue weighted by Crippen LogP contribution is 2.22. The lowest BCUT2D eigenvalue weighted by atomic mass is 10.1. The minimum Gasteiger partial charge on any atom is -0.465 e. The van der Waals surface area contributed by atoms with Crippen LogP contribution < -0.4 is 0 Å². The number of hydrogen-bond donors (Lipinski definition) is 0. The van der Waals surface area contributed by atoms with Gasteiger partial charge in [0.2, 0.25) is 6.43 Å². The molecule has 0 radical (unpaired) electrons. The maximum atomic E-state index is 12.0. The van der Waals surface area contributed by atoms with Crippen molar-refractivity contribution in [2.24, 2.45) is 5.92 Å². The van der Waals surface area contributed by atoms with Crippen molar-refractivity contribution in [2.45, 2.75) is 71.0 Å². The van der Waals surface area contributed by atoms with Crippen molar-refractivity contribution in [3.63, 3.8) is 0 Å². The Labute approximate surface area is 126 Å². The molecule has 1 unspecified atom stereocenters. The topological polar surface area (TPSA) is 26.3 Å². The first-order valence-corrected chi connectivity index (χ1v) is 8.58. The summed E-state index contributed by atoms with van der Waals surface area (Å²) in [6, 6.07) is 0. The summed E-state index contributed by atoms with van der Waals surface area (Å²) in [4.78, 5) is 11.9. The van der Waals surface area contributed by atoms with E-state index >= 15 is 0 Å². The van der Waals surface area contributed by atoms with Gasteiger partial charge in [-0.25, -0.2) is 8.78 Å². The second-order valence-corrected chi connectivity index (χ2v) is 6.71. The molecule has 0 aromatic rings. The number of carbonyl (C=O) groups excluding carboxylic acids is 1. The average Bonchev–Trinajstić information content (AvgIpc) is 2.37. The fourth-order valence-electron chi connectivity index (χ4n) is 1.76. The molecule has 120 valence electrons. The summed E-state index contributed by atoms with van der Waals surface area (Å²) in [7, 11) is 0. The average molecular weight is 310 g/mol. The predicted octanol–water partition coefficient (Wildman–Crippen LogP) is 4.91. The van der Waals surface area contributed by atoms with Gasteiger partial charge in [0.25, 0.3) is 0 Å². The van der Waals surface area contributed by atoms with Crippen molar-refractivity contribution in [2.75, 3.05) is 12.4 Å². The van der Waals surface area contributed by atoms with E-state index in [0.717, 1.165) is 31.4 Å². The number of unbranched alkanes of at least 4 members (excludes halogenated alkanes) is 2. The van der Waals surface area contributed by atoms with Gasteiger partial charge in [0, 0.05) is 6.42 Å². The van der Waals surface area contributed by atoms with Crippen LogP contribution in [0.15, 0.2) is 0 Å². The van der Waals surface area contributed by atoms with E-state index in [1.165, 1.54) is 0 Å². The standard InChI is InChI=1S/C15H28F2O2S/c1-4-9-19-15(18)13(11-12(2)3)20-10-7-5-6-8-14(16)17/h12-14H,4-11H2,1-3H3. The summed E-state index contributed by atoms with van der Waals surface area (Å²) >= 11 is 1.61. The van der Waals surface area contributed by atoms with Gasteiger partial charge in [-0.2, -0.15) is 0 Å². The highest BCUT2D eigenvalue weighted by atomic mass is 32.2. The maximum absolute atomic E-state index is 12.0. The second-order valence-electron chi connectivity index (χ2n) is 5.40. The van der Waals surface area contributed by atoms with E-state index in [2.05, 4.69) is 13.8 Å². The number of thioether (sulfide) groups is 1. The molecule has 1 atom stereocenters. The maximum Gasteiger partial charge on any atom is 0.319 e. The Kier molecular flexibility index (Phi) is 12.2. The summed E-state index contributed by atoms with van der Waals surface area (Å²) in [5.41, 5.74) is 0. The Morgan fingerprint density at radius 2 is 1.90 bits per heavy atom. The van der Waals surface area contributed by atoms with E-state index in [4.69, 9.17) is 4.74 Å². The predicted molar refractivity (Wildman–Crippen MR) is 81.4 cm³/mol. The zero-order valence-electron chi connectivity index (χ0n) is 12.9. The first-order chi connectivity index (χ1) is 9.47. The molecule has 0 saturated heterocycles. The van der Waals surface area contributed by atoms with Gasteiger partial charge in [-0.15, -0.1) is 11.8 Å². The third kappa shape index (κ3) is 11.5. The Morgan fingerprint density at radius 1 is 1.20 bits per heavy atom. The first-order valence-electron chi connectivity index (χ1n) is 7.53. The van der Waals surface area contributed by atoms with Crippen LogP contribution in [0.2, 0.25) is 0 Å². The van der Waals surface area contributed by atoms with E-state index in [9.17, 15) is 13.6 Å². The molecule has 0 aliphatic carbocycles. The van der Waals surface area contributed by atoms with Crippen molar-refractivity contribution in [1.29, 1.82) is 0 Å². The molecule has 0 bridgehead atoms. The van der Waals surface area contributed by atoms with Crippen LogP contribution in [0.25, 0.3) is 0 Å². The minimum absolute atomic E-state index is 0.0152. The molecule has 0 N–H and O–H groups in total. The molecule has 0 rings (SSSR count). The number of rotatable bonds is 12. The van der Waals surface area contributed by atoms with Crippen LogP contribution in [0, 0.1) is 5.92 Å². The summed E-state index contributed by atoms with van der Waals surface area (Å²) < 4.78 is 29.2. The van der Waals surface area contributed by atoms with Crippen molar-refractivity contribution in [1.82, 2.24) is 0 Å². The summed E-state index contributed by atoms with van der Waals surface area (Å²) in [6.45, 7) is 6.62. The van der Waals surface area contributed by atoms with Crippen LogP contribution in [-0.2, 0) is 9.53 Å². The lowest BCUT2D eigenvalue weighted by molar-refractivity contribution is -0.143. The molecule has 0 fully saturated rings. The summed E-state index contributed by atoms with van der Waals surface area (Å²) in [6.07, 6.45) is 1.68. The number of halogens is 2. The highest BCUT2D eigenvalue weighted by molar-refractivity contribution is 8.00. The SMILES string of the molecule is CCCOC(=O)C(CC(C)C)SCCCCCC(F)F. The van der Waals surface area contributed by atoms with Crippen LogP contribution >= 0.6 is 11.8 Å². The van der Waals surface area contributed by atoms with Crippen molar-refractivity contribution in [3.8, 4) is 0 Å². The molecule has 0 aromatic heterocycles. The number of alkyl halides is 2. The third-order valence-electron chi connectivity index (χ3n) is 2.78. The summed E-state index contributed by atoms with van der Waals surface area (Å²) in [5.74, 6) is 1.15. The number of carbonyl (C=O) groups is 1. The highest BCUT2D eigenvalue weighted by Gasteiger charge is 2.21. The monoisotopic (exact) mass is 310 g/mol. The van der Waals surface area contributed by atoms with Crippen LogP contribution in [0.4, 0.5) is 8.78 Å². The van der Waals surface area contributed by atoms with Gasteiger partial charge in [-0.3, -0.25) is 4.79 Å². The number of ether oxygens (including phenoxy) is 1. The Morgan fingerprint density at radius 3 is 2.45 bits per heavy atom. The molecule has 2 nitrogen and oxygen atoms in total. The molecule has 0 aliphatic heterocycles. The second kappa shape index (κ2) is 12.4. The Hall–Kier alpha value is -0.320. The molecule has 0 amide bonds. The Balaban J connectivity index is 3.89. The van der Waals surface area contributed by atoms with Gasteiger partial charge in [-0.05, 0) is 37.4 Å². The van der Waals surface area contributed by atoms with E-state index in [1.807, 2.05) is 6.92 Å². The van der Waals surface area contributed by atoms with Gasteiger partial charge in [0.15, 0.2) is 0 Å². The van der Waals surface area contributed by atoms with E-state index in [0.29, 0.717) is 18.9 Å². The molecule has 0 aromatic carbocycles. The zero-order valence-corrected chi connectivity index (χ0v) is 13.7. The largest absolute Gasteiger partial charge is 0.465 e. The van der Waals surface area contributed by atoms with Crippen LogP contribution in [0.5, 0.6) is 0 Å². The molecule has 20 heavy (non-hydrogen) atoms. The normalized spacial score (nSPS) is 12.9. The van der Waals surface area contributed by atoms with Gasteiger partial charge in [0.1, 0.15) is 5.25 Å². The first kappa shape index (κ1) is 19.7. The number of esters is 1. The van der Waals surface area contributed by atoms with Gasteiger partial charge < -0.3 is 4.74 Å². The fourth-order valence-corrected chi connectivity index (χ4v) is 3.14. The molecule has 5 heteroatoms. The van der Waals surface area contributed by atoms with E-state index < -0.39 is 6.43 Å². The van der Waals surface area contributed by atoms with Gasteiger partial charge in [0.05, 0.1) is 6.61 Å². The summed E-state index contributed by atoms with van der Waals surface area (Å²) in [5, 5.41) is -0.114. The smallest absolute Gasteiger partial charge is 0.319 e. The molecular weight excluding hydrogens is 282 g/mol. The fraction of sp³-hybridized carbons (Fsp3) is 0.933. The molecule has 0 saturated carbocycles. The van der Waals surface area contributed by atoms with E-state index in [1.54, 1.807) is 11.8 Å². The van der Waals surface area contributed by atoms with Crippen molar-refractivity contribution < 1.29 is 18.3 Å². The molecule has 0 spiro atoms. The van der Waals surface area contributed by atoms with Crippen LogP contribution in [0.3, 0.4) is 0 Å². The zero-order chi connectivity index (χ0) is 15.4. The van der Waals surface area contributed by atoms with Crippen molar-refractivity contribution >= 4 is 17.7 Å². The molecule has 0 aliphatic rings. The lowest BCUT2D eigenvalue weighted by Gasteiger charge is -2.17. The third-order valence-corrected chi connectivity index (χ3v) is 4.09. The quantitative estimate of drug-likeness (QED) is 0.378. The Bertz CT molecular complexity index is 248. The van der Waals surface area contributed by atoms with E-state index in [-0.39, 0.29) is 17.6 Å². The number of hydrogen-bond acceptors (Lipinski definition) is 3. The van der Waals surface area contributed by atoms with Gasteiger partial charge in [-0.1, -0.05) is 27.2 Å². The molecular formula is C15H28F2O2S. The van der Waals surface area contributed by atoms with Gasteiger partial charge >= 0.3 is 5.97 Å². The van der Waals surface area contributed by atoms with Crippen LogP contribution in [-0.4, -0.2) is 30.0 Å². The molecule has 0 heterocycles. The lowest BCUT2D eigenvalue weighted by Crippen LogP contribution is -2.23. The van der Waals surface area contributed by atoms with Crippen molar-refractivity contribution in [3.05, 3.63) is 0 Å².